The summed E-state index contributed by atoms with van der Waals surface area (Å²) in [5.41, 5.74) is 3.08. The molecule has 5 nitrogen and oxygen atoms in total. The predicted molar refractivity (Wildman–Crippen MR) is 97.7 cm³/mol. The molecule has 6 heteroatoms. The van der Waals surface area contributed by atoms with Crippen LogP contribution in [-0.4, -0.2) is 48.5 Å². The summed E-state index contributed by atoms with van der Waals surface area (Å²) < 4.78 is 0. The number of benzene rings is 1. The monoisotopic (exact) mass is 344 g/mol. The SMILES string of the molecule is Cc1cccc(N2CCN(CC(=O)Nc3cccnc3Cl)CC2)c1. The molecule has 1 aliphatic heterocycles. The summed E-state index contributed by atoms with van der Waals surface area (Å²) in [7, 11) is 0. The maximum Gasteiger partial charge on any atom is 0.238 e. The normalized spacial score (nSPS) is 15.3. The molecule has 2 aromatic rings. The summed E-state index contributed by atoms with van der Waals surface area (Å²) in [4.78, 5) is 20.7. The topological polar surface area (TPSA) is 48.5 Å². The number of halogens is 1. The fraction of sp³-hybridized carbons (Fsp3) is 0.333. The summed E-state index contributed by atoms with van der Waals surface area (Å²) >= 11 is 5.96. The van der Waals surface area contributed by atoms with Gasteiger partial charge in [-0.2, -0.15) is 0 Å². The van der Waals surface area contributed by atoms with Crippen molar-refractivity contribution in [1.29, 1.82) is 0 Å². The van der Waals surface area contributed by atoms with Gasteiger partial charge in [-0.05, 0) is 36.8 Å². The van der Waals surface area contributed by atoms with Gasteiger partial charge in [0.15, 0.2) is 5.15 Å². The van der Waals surface area contributed by atoms with Crippen LogP contribution in [0.15, 0.2) is 42.6 Å². The van der Waals surface area contributed by atoms with Crippen LogP contribution in [-0.2, 0) is 4.79 Å². The second-order valence-electron chi connectivity index (χ2n) is 5.99. The standard InChI is InChI=1S/C18H21ClN4O/c1-14-4-2-5-15(12-14)23-10-8-22(9-11-23)13-17(24)21-16-6-3-7-20-18(16)19/h2-7,12H,8-11,13H2,1H3,(H,21,24). The van der Waals surface area contributed by atoms with Crippen molar-refractivity contribution < 1.29 is 4.79 Å². The van der Waals surface area contributed by atoms with Gasteiger partial charge < -0.3 is 10.2 Å². The van der Waals surface area contributed by atoms with Gasteiger partial charge in [0.1, 0.15) is 0 Å². The van der Waals surface area contributed by atoms with Crippen molar-refractivity contribution in [2.75, 3.05) is 42.9 Å². The first-order valence-corrected chi connectivity index (χ1v) is 8.44. The molecule has 1 amide bonds. The van der Waals surface area contributed by atoms with Crippen LogP contribution in [0, 0.1) is 6.92 Å². The predicted octanol–water partition coefficient (Wildman–Crippen LogP) is 2.80. The molecular formula is C18H21ClN4O. The zero-order chi connectivity index (χ0) is 16.9. The number of carbonyl (C=O) groups excluding carboxylic acids is 1. The largest absolute Gasteiger partial charge is 0.369 e. The summed E-state index contributed by atoms with van der Waals surface area (Å²) in [5.74, 6) is -0.0612. The molecule has 3 rings (SSSR count). The second-order valence-corrected chi connectivity index (χ2v) is 6.35. The summed E-state index contributed by atoms with van der Waals surface area (Å²) in [6.45, 7) is 6.04. The van der Waals surface area contributed by atoms with Crippen molar-refractivity contribution in [3.05, 3.63) is 53.3 Å². The fourth-order valence-corrected chi connectivity index (χ4v) is 3.03. The summed E-state index contributed by atoms with van der Waals surface area (Å²) in [6, 6.07) is 12.0. The third-order valence-corrected chi connectivity index (χ3v) is 4.44. The first kappa shape index (κ1) is 16.7. The average molecular weight is 345 g/mol. The molecule has 0 radical (unpaired) electrons. The first-order chi connectivity index (χ1) is 11.6. The smallest absolute Gasteiger partial charge is 0.238 e. The third kappa shape index (κ3) is 4.24. The molecule has 0 bridgehead atoms. The van der Waals surface area contributed by atoms with E-state index >= 15 is 0 Å². The van der Waals surface area contributed by atoms with E-state index in [2.05, 4.69) is 51.3 Å². The number of nitrogens with one attached hydrogen (secondary N) is 1. The number of hydrogen-bond acceptors (Lipinski definition) is 4. The minimum Gasteiger partial charge on any atom is -0.369 e. The maximum absolute atomic E-state index is 12.2. The van der Waals surface area contributed by atoms with E-state index in [4.69, 9.17) is 11.6 Å². The van der Waals surface area contributed by atoms with E-state index in [0.717, 1.165) is 26.2 Å². The first-order valence-electron chi connectivity index (χ1n) is 8.06. The van der Waals surface area contributed by atoms with Crippen LogP contribution in [0.25, 0.3) is 0 Å². The lowest BCUT2D eigenvalue weighted by Crippen LogP contribution is -2.48. The van der Waals surface area contributed by atoms with Crippen molar-refractivity contribution >= 4 is 28.9 Å². The van der Waals surface area contributed by atoms with Crippen LogP contribution >= 0.6 is 11.6 Å². The number of hydrogen-bond donors (Lipinski definition) is 1. The van der Waals surface area contributed by atoms with Gasteiger partial charge in [-0.1, -0.05) is 23.7 Å². The van der Waals surface area contributed by atoms with Gasteiger partial charge in [-0.25, -0.2) is 4.98 Å². The van der Waals surface area contributed by atoms with Gasteiger partial charge >= 0.3 is 0 Å². The Hall–Kier alpha value is -2.11. The number of aromatic nitrogens is 1. The number of anilines is 2. The van der Waals surface area contributed by atoms with E-state index in [1.54, 1.807) is 18.3 Å². The Bertz CT molecular complexity index is 714. The molecule has 126 valence electrons. The second kappa shape index (κ2) is 7.64. The van der Waals surface area contributed by atoms with Crippen LogP contribution < -0.4 is 10.2 Å². The number of aryl methyl sites for hydroxylation is 1. The van der Waals surface area contributed by atoms with E-state index in [9.17, 15) is 4.79 Å². The molecule has 1 fully saturated rings. The zero-order valence-corrected chi connectivity index (χ0v) is 14.5. The highest BCUT2D eigenvalue weighted by Gasteiger charge is 2.19. The lowest BCUT2D eigenvalue weighted by Gasteiger charge is -2.35. The molecule has 24 heavy (non-hydrogen) atoms. The van der Waals surface area contributed by atoms with Gasteiger partial charge in [0.05, 0.1) is 12.2 Å². The van der Waals surface area contributed by atoms with Crippen LogP contribution in [0.2, 0.25) is 5.15 Å². The minimum absolute atomic E-state index is 0.0612. The van der Waals surface area contributed by atoms with E-state index in [0.29, 0.717) is 17.4 Å². The molecule has 0 atom stereocenters. The Balaban J connectivity index is 1.50. The number of rotatable bonds is 4. The molecule has 2 heterocycles. The molecule has 0 spiro atoms. The summed E-state index contributed by atoms with van der Waals surface area (Å²) in [5, 5.41) is 3.13. The zero-order valence-electron chi connectivity index (χ0n) is 13.7. The van der Waals surface area contributed by atoms with E-state index in [-0.39, 0.29) is 5.91 Å². The highest BCUT2D eigenvalue weighted by molar-refractivity contribution is 6.32. The molecular weight excluding hydrogens is 324 g/mol. The van der Waals surface area contributed by atoms with E-state index < -0.39 is 0 Å². The Labute approximate surface area is 147 Å². The number of piperazine rings is 1. The molecule has 0 aliphatic carbocycles. The van der Waals surface area contributed by atoms with Crippen molar-refractivity contribution in [1.82, 2.24) is 9.88 Å². The van der Waals surface area contributed by atoms with Crippen LogP contribution in [0.3, 0.4) is 0 Å². The number of carbonyl (C=O) groups is 1. The van der Waals surface area contributed by atoms with Crippen molar-refractivity contribution in [3.8, 4) is 0 Å². The van der Waals surface area contributed by atoms with Crippen molar-refractivity contribution in [2.24, 2.45) is 0 Å². The van der Waals surface area contributed by atoms with Gasteiger partial charge in [-0.15, -0.1) is 0 Å². The van der Waals surface area contributed by atoms with Crippen molar-refractivity contribution in [3.63, 3.8) is 0 Å². The summed E-state index contributed by atoms with van der Waals surface area (Å²) in [6.07, 6.45) is 1.60. The number of pyridine rings is 1. The fourth-order valence-electron chi connectivity index (χ4n) is 2.86. The van der Waals surface area contributed by atoms with Gasteiger partial charge in [0.2, 0.25) is 5.91 Å². The molecule has 1 aromatic carbocycles. The number of amides is 1. The Morgan fingerprint density at radius 2 is 2.00 bits per heavy atom. The molecule has 1 N–H and O–H groups in total. The molecule has 0 saturated carbocycles. The van der Waals surface area contributed by atoms with Crippen LogP contribution in [0.4, 0.5) is 11.4 Å². The van der Waals surface area contributed by atoms with E-state index in [1.165, 1.54) is 11.3 Å². The third-order valence-electron chi connectivity index (χ3n) is 4.14. The Morgan fingerprint density at radius 3 is 2.71 bits per heavy atom. The van der Waals surface area contributed by atoms with E-state index in [1.807, 2.05) is 0 Å². The van der Waals surface area contributed by atoms with Crippen LogP contribution in [0.5, 0.6) is 0 Å². The van der Waals surface area contributed by atoms with Gasteiger partial charge in [0.25, 0.3) is 0 Å². The van der Waals surface area contributed by atoms with Gasteiger partial charge in [0, 0.05) is 38.1 Å². The minimum atomic E-state index is -0.0612. The average Bonchev–Trinajstić information content (AvgIpc) is 2.58. The highest BCUT2D eigenvalue weighted by atomic mass is 35.5. The van der Waals surface area contributed by atoms with Crippen LogP contribution in [0.1, 0.15) is 5.56 Å². The molecule has 0 unspecified atom stereocenters. The quantitative estimate of drug-likeness (QED) is 0.866. The molecule has 1 aromatic heterocycles. The lowest BCUT2D eigenvalue weighted by molar-refractivity contribution is -0.117. The Kier molecular flexibility index (Phi) is 5.33. The highest BCUT2D eigenvalue weighted by Crippen LogP contribution is 2.19. The molecule has 1 aliphatic rings. The Morgan fingerprint density at radius 1 is 1.21 bits per heavy atom. The van der Waals surface area contributed by atoms with Crippen molar-refractivity contribution in [2.45, 2.75) is 6.92 Å². The molecule has 1 saturated heterocycles. The lowest BCUT2D eigenvalue weighted by atomic mass is 10.2. The number of nitrogens with zero attached hydrogens (tertiary/aromatic N) is 3. The maximum atomic E-state index is 12.2. The van der Waals surface area contributed by atoms with Gasteiger partial charge in [-0.3, -0.25) is 9.69 Å².